The maximum atomic E-state index is 13.9. The summed E-state index contributed by atoms with van der Waals surface area (Å²) in [5.74, 6) is -1.42. The maximum absolute atomic E-state index is 13.9. The molecule has 1 unspecified atom stereocenters. The summed E-state index contributed by atoms with van der Waals surface area (Å²) < 4.78 is 27.8. The summed E-state index contributed by atoms with van der Waals surface area (Å²) in [6.07, 6.45) is 3.11. The molecule has 0 aliphatic carbocycles. The standard InChI is InChI=1S/C19H16FNO3S/c1-4-13-15(10-25(24)17(13)5-2)19-11(3)21(9-18(22)23)16-7-6-12(20)8-14(16)19/h4-8,10H,1-2,9H2,3H3,(H,22,23). The number of rotatable bonds is 5. The highest BCUT2D eigenvalue weighted by molar-refractivity contribution is 7.92. The number of carboxylic acids is 1. The van der Waals surface area contributed by atoms with Crippen molar-refractivity contribution in [2.24, 2.45) is 0 Å². The molecule has 4 nitrogen and oxygen atoms in total. The Morgan fingerprint density at radius 1 is 1.36 bits per heavy atom. The SMILES string of the molecule is C=CC1=C(C=C)S(=O)C=C1c1c(C)n(CC(=O)O)c2ccc(F)cc12. The number of carboxylic acid groups (broad SMARTS) is 1. The number of nitrogens with zero attached hydrogens (tertiary/aromatic N) is 1. The number of benzene rings is 1. The van der Waals surface area contributed by atoms with Crippen LogP contribution in [0.3, 0.4) is 0 Å². The third kappa shape index (κ3) is 2.68. The number of hydrogen-bond donors (Lipinski definition) is 1. The van der Waals surface area contributed by atoms with Gasteiger partial charge < -0.3 is 9.67 Å². The van der Waals surface area contributed by atoms with E-state index in [9.17, 15) is 18.5 Å². The van der Waals surface area contributed by atoms with E-state index < -0.39 is 22.6 Å². The average molecular weight is 357 g/mol. The number of carbonyl (C=O) groups is 1. The van der Waals surface area contributed by atoms with Gasteiger partial charge in [-0.1, -0.05) is 25.3 Å². The molecule has 0 fully saturated rings. The van der Waals surface area contributed by atoms with Crippen LogP contribution in [0.5, 0.6) is 0 Å². The van der Waals surface area contributed by atoms with Crippen LogP contribution in [0, 0.1) is 12.7 Å². The zero-order valence-electron chi connectivity index (χ0n) is 13.6. The van der Waals surface area contributed by atoms with Crippen molar-refractivity contribution >= 4 is 33.2 Å². The van der Waals surface area contributed by atoms with Gasteiger partial charge in [0.1, 0.15) is 12.4 Å². The van der Waals surface area contributed by atoms with Crippen LogP contribution in [0.1, 0.15) is 11.3 Å². The first-order chi connectivity index (χ1) is 11.9. The molecule has 128 valence electrons. The Bertz CT molecular complexity index is 1030. The van der Waals surface area contributed by atoms with Gasteiger partial charge >= 0.3 is 5.97 Å². The lowest BCUT2D eigenvalue weighted by Gasteiger charge is -2.08. The lowest BCUT2D eigenvalue weighted by Crippen LogP contribution is -2.10. The molecule has 1 atom stereocenters. The molecule has 2 aromatic rings. The summed E-state index contributed by atoms with van der Waals surface area (Å²) in [5.41, 5.74) is 3.25. The third-order valence-corrected chi connectivity index (χ3v) is 5.50. The Morgan fingerprint density at radius 2 is 2.08 bits per heavy atom. The zero-order chi connectivity index (χ0) is 18.3. The summed E-state index contributed by atoms with van der Waals surface area (Å²) >= 11 is 0. The van der Waals surface area contributed by atoms with Crippen molar-refractivity contribution in [3.8, 4) is 0 Å². The van der Waals surface area contributed by atoms with E-state index in [1.807, 2.05) is 0 Å². The van der Waals surface area contributed by atoms with Crippen LogP contribution in [-0.4, -0.2) is 19.9 Å². The smallest absolute Gasteiger partial charge is 0.323 e. The quantitative estimate of drug-likeness (QED) is 0.883. The van der Waals surface area contributed by atoms with Crippen LogP contribution in [0.25, 0.3) is 16.5 Å². The molecule has 6 heteroatoms. The average Bonchev–Trinajstić information content (AvgIpc) is 3.00. The molecule has 1 aliphatic rings. The van der Waals surface area contributed by atoms with Crippen molar-refractivity contribution in [2.45, 2.75) is 13.5 Å². The van der Waals surface area contributed by atoms with Gasteiger partial charge in [0.05, 0.1) is 15.7 Å². The van der Waals surface area contributed by atoms with Crippen LogP contribution in [-0.2, 0) is 22.1 Å². The van der Waals surface area contributed by atoms with Gasteiger partial charge in [-0.05, 0) is 30.7 Å². The molecule has 0 saturated carbocycles. The van der Waals surface area contributed by atoms with Gasteiger partial charge in [0.15, 0.2) is 0 Å². The summed E-state index contributed by atoms with van der Waals surface area (Å²) in [7, 11) is -1.37. The Morgan fingerprint density at radius 3 is 2.68 bits per heavy atom. The predicted octanol–water partition coefficient (Wildman–Crippen LogP) is 3.90. The molecule has 25 heavy (non-hydrogen) atoms. The Balaban J connectivity index is 2.37. The van der Waals surface area contributed by atoms with Crippen LogP contribution in [0.4, 0.5) is 4.39 Å². The Labute approximate surface area is 146 Å². The van der Waals surface area contributed by atoms with E-state index in [1.54, 1.807) is 29.0 Å². The molecule has 1 N–H and O–H groups in total. The topological polar surface area (TPSA) is 59.3 Å². The van der Waals surface area contributed by atoms with Crippen LogP contribution in [0.2, 0.25) is 0 Å². The molecular formula is C19H16FNO3S. The van der Waals surface area contributed by atoms with Crippen LogP contribution in [0.15, 0.2) is 59.4 Å². The Kier molecular flexibility index (Phi) is 4.30. The van der Waals surface area contributed by atoms with E-state index in [4.69, 9.17) is 0 Å². The Hall–Kier alpha value is -2.73. The highest BCUT2D eigenvalue weighted by Crippen LogP contribution is 2.41. The summed E-state index contributed by atoms with van der Waals surface area (Å²) in [5, 5.41) is 11.4. The summed E-state index contributed by atoms with van der Waals surface area (Å²) in [4.78, 5) is 11.8. The van der Waals surface area contributed by atoms with Gasteiger partial charge in [-0.25, -0.2) is 8.60 Å². The van der Waals surface area contributed by atoms with Crippen LogP contribution < -0.4 is 0 Å². The minimum absolute atomic E-state index is 0.244. The van der Waals surface area contributed by atoms with Crippen molar-refractivity contribution in [2.75, 3.05) is 0 Å². The summed E-state index contributed by atoms with van der Waals surface area (Å²) in [6.45, 7) is 8.99. The number of aromatic nitrogens is 1. The second kappa shape index (κ2) is 6.29. The van der Waals surface area contributed by atoms with Gasteiger partial charge in [0, 0.05) is 33.1 Å². The first-order valence-electron chi connectivity index (χ1n) is 7.51. The van der Waals surface area contributed by atoms with E-state index in [2.05, 4.69) is 13.2 Å². The third-order valence-electron chi connectivity index (χ3n) is 4.23. The fourth-order valence-electron chi connectivity index (χ4n) is 3.20. The monoisotopic (exact) mass is 357 g/mol. The normalized spacial score (nSPS) is 17.0. The first-order valence-corrected chi connectivity index (χ1v) is 8.72. The minimum atomic E-state index is -1.37. The molecule has 3 rings (SSSR count). The van der Waals surface area contributed by atoms with E-state index in [0.29, 0.717) is 38.2 Å². The van der Waals surface area contributed by atoms with Gasteiger partial charge in [-0.3, -0.25) is 4.79 Å². The van der Waals surface area contributed by atoms with Gasteiger partial charge in [0.25, 0.3) is 0 Å². The zero-order valence-corrected chi connectivity index (χ0v) is 14.4. The second-order valence-corrected chi connectivity index (χ2v) is 6.89. The lowest BCUT2D eigenvalue weighted by molar-refractivity contribution is -0.137. The fourth-order valence-corrected chi connectivity index (χ4v) is 4.36. The molecule has 2 heterocycles. The van der Waals surface area contributed by atoms with E-state index in [1.165, 1.54) is 18.2 Å². The minimum Gasteiger partial charge on any atom is -0.480 e. The molecule has 1 aromatic heterocycles. The molecule has 0 spiro atoms. The van der Waals surface area contributed by atoms with E-state index >= 15 is 0 Å². The van der Waals surface area contributed by atoms with E-state index in [0.717, 1.165) is 0 Å². The van der Waals surface area contributed by atoms with Crippen molar-refractivity contribution in [3.63, 3.8) is 0 Å². The number of aliphatic carboxylic acids is 1. The van der Waals surface area contributed by atoms with Crippen molar-refractivity contribution in [3.05, 3.63) is 76.5 Å². The maximum Gasteiger partial charge on any atom is 0.323 e. The van der Waals surface area contributed by atoms with Gasteiger partial charge in [0.2, 0.25) is 0 Å². The predicted molar refractivity (Wildman–Crippen MR) is 97.8 cm³/mol. The van der Waals surface area contributed by atoms with Crippen molar-refractivity contribution in [1.29, 1.82) is 0 Å². The van der Waals surface area contributed by atoms with Gasteiger partial charge in [-0.2, -0.15) is 0 Å². The van der Waals surface area contributed by atoms with Crippen molar-refractivity contribution < 1.29 is 18.5 Å². The number of halogens is 1. The molecule has 0 saturated heterocycles. The lowest BCUT2D eigenvalue weighted by atomic mass is 9.96. The van der Waals surface area contributed by atoms with Crippen molar-refractivity contribution in [1.82, 2.24) is 4.57 Å². The highest BCUT2D eigenvalue weighted by Gasteiger charge is 2.26. The molecule has 1 aromatic carbocycles. The van der Waals surface area contributed by atoms with Gasteiger partial charge in [-0.15, -0.1) is 0 Å². The molecule has 0 radical (unpaired) electrons. The molecule has 1 aliphatic heterocycles. The van der Waals surface area contributed by atoms with Crippen LogP contribution >= 0.6 is 0 Å². The molecule has 0 bridgehead atoms. The molecular weight excluding hydrogens is 341 g/mol. The fraction of sp³-hybridized carbons (Fsp3) is 0.105. The number of hydrogen-bond acceptors (Lipinski definition) is 2. The summed E-state index contributed by atoms with van der Waals surface area (Å²) in [6, 6.07) is 4.22. The first kappa shape index (κ1) is 17.1. The molecule has 0 amide bonds. The highest BCUT2D eigenvalue weighted by atomic mass is 32.2. The number of allylic oxidation sites excluding steroid dienone is 4. The van der Waals surface area contributed by atoms with E-state index in [-0.39, 0.29) is 6.54 Å². The second-order valence-electron chi connectivity index (χ2n) is 5.62. The number of fused-ring (bicyclic) bond motifs is 1. The largest absolute Gasteiger partial charge is 0.480 e.